The molecule has 0 radical (unpaired) electrons. The Morgan fingerprint density at radius 3 is 2.72 bits per heavy atom. The molecule has 3 aromatic rings. The lowest BCUT2D eigenvalue weighted by Gasteiger charge is -2.29. The molecule has 0 atom stereocenters. The van der Waals surface area contributed by atoms with Crippen LogP contribution in [0.3, 0.4) is 0 Å². The predicted molar refractivity (Wildman–Crippen MR) is 112 cm³/mol. The average molecular weight is 390 g/mol. The molecule has 1 aromatic heterocycles. The standard InChI is InChI=1S/C22H22N4O3/c1-29-21-12-19(7-8-20(21)26(27)28)23-13-16-6-9-22(24-14-16)25-11-10-17-4-2-3-5-18(17)15-25/h2-9,12,14,23H,10-11,13,15H2,1H3. The molecule has 0 amide bonds. The van der Waals surface area contributed by atoms with Crippen molar-refractivity contribution in [1.82, 2.24) is 4.98 Å². The number of nitrogens with zero attached hydrogens (tertiary/aromatic N) is 3. The summed E-state index contributed by atoms with van der Waals surface area (Å²) in [4.78, 5) is 17.5. The maximum absolute atomic E-state index is 11.0. The number of hydrogen-bond acceptors (Lipinski definition) is 6. The lowest BCUT2D eigenvalue weighted by molar-refractivity contribution is -0.385. The summed E-state index contributed by atoms with van der Waals surface area (Å²) in [6, 6.07) is 17.4. The van der Waals surface area contributed by atoms with Crippen molar-refractivity contribution in [3.05, 3.63) is 87.6 Å². The highest BCUT2D eigenvalue weighted by Gasteiger charge is 2.17. The van der Waals surface area contributed by atoms with Gasteiger partial charge in [-0.3, -0.25) is 10.1 Å². The number of aromatic nitrogens is 1. The third-order valence-electron chi connectivity index (χ3n) is 5.14. The van der Waals surface area contributed by atoms with Crippen molar-refractivity contribution in [1.29, 1.82) is 0 Å². The third kappa shape index (κ3) is 4.13. The number of ether oxygens (including phenoxy) is 1. The van der Waals surface area contributed by atoms with Gasteiger partial charge in [-0.25, -0.2) is 4.98 Å². The van der Waals surface area contributed by atoms with E-state index < -0.39 is 4.92 Å². The first-order valence-electron chi connectivity index (χ1n) is 9.47. The molecule has 4 rings (SSSR count). The van der Waals surface area contributed by atoms with Crippen molar-refractivity contribution in [3.8, 4) is 5.75 Å². The van der Waals surface area contributed by atoms with Gasteiger partial charge in [0.05, 0.1) is 12.0 Å². The molecule has 1 N–H and O–H groups in total. The highest BCUT2D eigenvalue weighted by atomic mass is 16.6. The second-order valence-electron chi connectivity index (χ2n) is 6.96. The maximum Gasteiger partial charge on any atom is 0.311 e. The van der Waals surface area contributed by atoms with Gasteiger partial charge in [0.1, 0.15) is 5.82 Å². The zero-order chi connectivity index (χ0) is 20.2. The molecule has 0 unspecified atom stereocenters. The Morgan fingerprint density at radius 1 is 1.17 bits per heavy atom. The van der Waals surface area contributed by atoms with Gasteiger partial charge in [0.25, 0.3) is 0 Å². The van der Waals surface area contributed by atoms with Crippen LogP contribution in [0.2, 0.25) is 0 Å². The zero-order valence-electron chi connectivity index (χ0n) is 16.2. The van der Waals surface area contributed by atoms with E-state index in [-0.39, 0.29) is 11.4 Å². The number of fused-ring (bicyclic) bond motifs is 1. The second kappa shape index (κ2) is 8.18. The van der Waals surface area contributed by atoms with Crippen molar-refractivity contribution in [2.45, 2.75) is 19.5 Å². The van der Waals surface area contributed by atoms with Gasteiger partial charge in [-0.15, -0.1) is 0 Å². The van der Waals surface area contributed by atoms with Crippen molar-refractivity contribution < 1.29 is 9.66 Å². The highest BCUT2D eigenvalue weighted by molar-refractivity contribution is 5.58. The Balaban J connectivity index is 1.40. The predicted octanol–water partition coefficient (Wildman–Crippen LogP) is 4.17. The van der Waals surface area contributed by atoms with Crippen LogP contribution < -0.4 is 15.0 Å². The summed E-state index contributed by atoms with van der Waals surface area (Å²) >= 11 is 0. The van der Waals surface area contributed by atoms with Crippen molar-refractivity contribution in [2.75, 3.05) is 23.9 Å². The number of nitrogens with one attached hydrogen (secondary N) is 1. The summed E-state index contributed by atoms with van der Waals surface area (Å²) < 4.78 is 5.11. The van der Waals surface area contributed by atoms with Gasteiger partial charge in [0, 0.05) is 43.7 Å². The first kappa shape index (κ1) is 18.7. The molecule has 0 spiro atoms. The molecule has 0 saturated carbocycles. The number of methoxy groups -OCH3 is 1. The van der Waals surface area contributed by atoms with Gasteiger partial charge in [-0.2, -0.15) is 0 Å². The monoisotopic (exact) mass is 390 g/mol. The van der Waals surface area contributed by atoms with Crippen LogP contribution in [0.25, 0.3) is 0 Å². The van der Waals surface area contributed by atoms with E-state index in [1.54, 1.807) is 12.1 Å². The summed E-state index contributed by atoms with van der Waals surface area (Å²) in [5.41, 5.74) is 4.52. The Kier molecular flexibility index (Phi) is 5.29. The number of nitro benzene ring substituents is 1. The SMILES string of the molecule is COc1cc(NCc2ccc(N3CCc4ccccc4C3)nc2)ccc1[N+](=O)[O-]. The van der Waals surface area contributed by atoms with Crippen LogP contribution in [0.5, 0.6) is 5.75 Å². The van der Waals surface area contributed by atoms with Crippen LogP contribution in [-0.2, 0) is 19.5 Å². The molecule has 29 heavy (non-hydrogen) atoms. The smallest absolute Gasteiger partial charge is 0.311 e. The molecule has 1 aliphatic heterocycles. The molecule has 2 heterocycles. The molecule has 7 heteroatoms. The van der Waals surface area contributed by atoms with E-state index in [9.17, 15) is 10.1 Å². The van der Waals surface area contributed by atoms with E-state index in [1.165, 1.54) is 24.3 Å². The van der Waals surface area contributed by atoms with E-state index >= 15 is 0 Å². The summed E-state index contributed by atoms with van der Waals surface area (Å²) in [5.74, 6) is 1.21. The average Bonchev–Trinajstić information content (AvgIpc) is 2.77. The Morgan fingerprint density at radius 2 is 2.00 bits per heavy atom. The summed E-state index contributed by atoms with van der Waals surface area (Å²) in [7, 11) is 1.42. The molecule has 0 bridgehead atoms. The van der Waals surface area contributed by atoms with Crippen LogP contribution in [-0.4, -0.2) is 23.6 Å². The molecular weight excluding hydrogens is 368 g/mol. The summed E-state index contributed by atoms with van der Waals surface area (Å²) in [6.07, 6.45) is 2.90. The molecule has 0 fully saturated rings. The minimum Gasteiger partial charge on any atom is -0.490 e. The van der Waals surface area contributed by atoms with Gasteiger partial charge in [0.2, 0.25) is 0 Å². The number of pyridine rings is 1. The number of hydrogen-bond donors (Lipinski definition) is 1. The molecule has 0 aliphatic carbocycles. The fourth-order valence-electron chi connectivity index (χ4n) is 3.54. The zero-order valence-corrected chi connectivity index (χ0v) is 16.2. The quantitative estimate of drug-likeness (QED) is 0.502. The van der Waals surface area contributed by atoms with Crippen LogP contribution in [0.1, 0.15) is 16.7 Å². The number of anilines is 2. The summed E-state index contributed by atoms with van der Waals surface area (Å²) in [5, 5.41) is 14.3. The van der Waals surface area contributed by atoms with Gasteiger partial charge in [-0.1, -0.05) is 30.3 Å². The van der Waals surface area contributed by atoms with Gasteiger partial charge in [-0.05, 0) is 35.2 Å². The van der Waals surface area contributed by atoms with Crippen molar-refractivity contribution in [2.24, 2.45) is 0 Å². The van der Waals surface area contributed by atoms with E-state index in [0.717, 1.165) is 36.6 Å². The molecule has 1 aliphatic rings. The molecular formula is C22H22N4O3. The largest absolute Gasteiger partial charge is 0.490 e. The molecule has 7 nitrogen and oxygen atoms in total. The second-order valence-corrected chi connectivity index (χ2v) is 6.96. The number of nitro groups is 1. The topological polar surface area (TPSA) is 80.5 Å². The minimum absolute atomic E-state index is 0.0489. The fourth-order valence-corrected chi connectivity index (χ4v) is 3.54. The fraction of sp³-hybridized carbons (Fsp3) is 0.227. The van der Waals surface area contributed by atoms with Crippen LogP contribution in [0.4, 0.5) is 17.2 Å². The van der Waals surface area contributed by atoms with E-state index in [2.05, 4.69) is 45.5 Å². The first-order chi connectivity index (χ1) is 14.1. The number of rotatable bonds is 6. The Labute approximate surface area is 169 Å². The lowest BCUT2D eigenvalue weighted by atomic mass is 10.00. The van der Waals surface area contributed by atoms with E-state index in [0.29, 0.717) is 6.54 Å². The summed E-state index contributed by atoms with van der Waals surface area (Å²) in [6.45, 7) is 2.41. The van der Waals surface area contributed by atoms with Crippen molar-refractivity contribution in [3.63, 3.8) is 0 Å². The van der Waals surface area contributed by atoms with Crippen molar-refractivity contribution >= 4 is 17.2 Å². The van der Waals surface area contributed by atoms with Crippen LogP contribution in [0, 0.1) is 10.1 Å². The molecule has 148 valence electrons. The van der Waals surface area contributed by atoms with Gasteiger partial charge in [0.15, 0.2) is 5.75 Å². The highest BCUT2D eigenvalue weighted by Crippen LogP contribution is 2.30. The van der Waals surface area contributed by atoms with Gasteiger partial charge >= 0.3 is 5.69 Å². The molecule has 0 saturated heterocycles. The van der Waals surface area contributed by atoms with Crippen LogP contribution >= 0.6 is 0 Å². The molecule has 2 aromatic carbocycles. The maximum atomic E-state index is 11.0. The first-order valence-corrected chi connectivity index (χ1v) is 9.47. The van der Waals surface area contributed by atoms with Gasteiger partial charge < -0.3 is 15.0 Å². The van der Waals surface area contributed by atoms with E-state index in [1.807, 2.05) is 12.3 Å². The van der Waals surface area contributed by atoms with E-state index in [4.69, 9.17) is 4.74 Å². The Hall–Kier alpha value is -3.61. The minimum atomic E-state index is -0.454. The van der Waals surface area contributed by atoms with Crippen LogP contribution in [0.15, 0.2) is 60.8 Å². The normalized spacial score (nSPS) is 12.9. The lowest BCUT2D eigenvalue weighted by Crippen LogP contribution is -2.30. The Bertz CT molecular complexity index is 1020. The third-order valence-corrected chi connectivity index (χ3v) is 5.14. The number of benzene rings is 2.